The van der Waals surface area contributed by atoms with Crippen molar-refractivity contribution in [2.75, 3.05) is 0 Å². The Hall–Kier alpha value is -7.30. The number of benzene rings is 5. The lowest BCUT2D eigenvalue weighted by atomic mass is 9.84. The smallest absolute Gasteiger partial charge is 0.0346 e. The van der Waals surface area contributed by atoms with Crippen LogP contribution in [-0.4, -0.2) is 19.9 Å². The van der Waals surface area contributed by atoms with Crippen LogP contribution in [0.3, 0.4) is 0 Å². The average Bonchev–Trinajstić information content (AvgIpc) is 3.27. The first-order chi connectivity index (χ1) is 26.8. The highest BCUT2D eigenvalue weighted by atomic mass is 14.6. The normalized spacial score (nSPS) is 11.0. The Kier molecular flexibility index (Phi) is 8.90. The maximum absolute atomic E-state index is 4.41. The van der Waals surface area contributed by atoms with Gasteiger partial charge in [0, 0.05) is 71.8 Å². The number of nitrogens with zero attached hydrogens (tertiary/aromatic N) is 4. The fraction of sp³-hybridized carbons (Fsp3) is 0. The Morgan fingerprint density at radius 3 is 0.648 bits per heavy atom. The maximum Gasteiger partial charge on any atom is 0.0346 e. The summed E-state index contributed by atoms with van der Waals surface area (Å²) in [6.45, 7) is 0. The standard InChI is InChI=1S/C50H34N4/c1-9-35(43-17-5-21-51-31-43)25-39(13-1)47-29-49(41-15-3-11-37(27-41)45-19-7-23-53-33-45)50(42-16-4-12-38(28-42)46-20-8-24-54-34-46)30-48(47)40-14-2-10-36(26-40)44-18-6-22-52-32-44/h1-34H. The van der Waals surface area contributed by atoms with Crippen molar-refractivity contribution in [2.24, 2.45) is 0 Å². The molecule has 0 saturated carbocycles. The van der Waals surface area contributed by atoms with E-state index < -0.39 is 0 Å². The first-order valence-electron chi connectivity index (χ1n) is 18.0. The van der Waals surface area contributed by atoms with Gasteiger partial charge in [0.1, 0.15) is 0 Å². The highest BCUT2D eigenvalue weighted by Crippen LogP contribution is 2.44. The molecule has 0 fully saturated rings. The molecule has 5 aromatic carbocycles. The molecular formula is C50H34N4. The largest absolute Gasteiger partial charge is 0.264 e. The topological polar surface area (TPSA) is 51.6 Å². The molecule has 0 aliphatic heterocycles. The van der Waals surface area contributed by atoms with Gasteiger partial charge < -0.3 is 0 Å². The summed E-state index contributed by atoms with van der Waals surface area (Å²) in [5, 5.41) is 0. The predicted molar refractivity (Wildman–Crippen MR) is 221 cm³/mol. The summed E-state index contributed by atoms with van der Waals surface area (Å²) in [6, 6.07) is 56.3. The van der Waals surface area contributed by atoms with Crippen LogP contribution in [0.5, 0.6) is 0 Å². The molecule has 0 bridgehead atoms. The summed E-state index contributed by atoms with van der Waals surface area (Å²) in [7, 11) is 0. The molecule has 254 valence electrons. The molecule has 0 aliphatic rings. The zero-order chi connectivity index (χ0) is 36.1. The van der Waals surface area contributed by atoms with Gasteiger partial charge in [-0.05, 0) is 127 Å². The summed E-state index contributed by atoms with van der Waals surface area (Å²) >= 11 is 0. The third-order valence-corrected chi connectivity index (χ3v) is 9.83. The van der Waals surface area contributed by atoms with Gasteiger partial charge in [-0.15, -0.1) is 0 Å². The molecule has 0 amide bonds. The second-order valence-electron chi connectivity index (χ2n) is 13.2. The molecule has 0 N–H and O–H groups in total. The predicted octanol–water partition coefficient (Wildman–Crippen LogP) is 12.6. The minimum atomic E-state index is 1.08. The van der Waals surface area contributed by atoms with Gasteiger partial charge in [0.25, 0.3) is 0 Å². The molecule has 4 heteroatoms. The van der Waals surface area contributed by atoms with E-state index in [0.29, 0.717) is 0 Å². The lowest BCUT2D eigenvalue weighted by Crippen LogP contribution is -1.94. The SMILES string of the molecule is c1cncc(-c2cccc(-c3cc(-c4cccc(-c5cccnc5)c4)c(-c4cccc(-c5cccnc5)c4)cc3-c3cccc(-c4cccnc4)c3)c2)c1. The second kappa shape index (κ2) is 14.7. The molecule has 0 spiro atoms. The zero-order valence-corrected chi connectivity index (χ0v) is 29.4. The molecule has 0 atom stereocenters. The van der Waals surface area contributed by atoms with Gasteiger partial charge in [0.2, 0.25) is 0 Å². The molecule has 0 radical (unpaired) electrons. The van der Waals surface area contributed by atoms with E-state index in [0.717, 1.165) is 89.0 Å². The summed E-state index contributed by atoms with van der Waals surface area (Å²) in [5.74, 6) is 0. The summed E-state index contributed by atoms with van der Waals surface area (Å²) in [5.41, 5.74) is 17.8. The summed E-state index contributed by atoms with van der Waals surface area (Å²) in [6.07, 6.45) is 14.9. The number of hydrogen-bond acceptors (Lipinski definition) is 4. The molecule has 0 saturated heterocycles. The van der Waals surface area contributed by atoms with Crippen molar-refractivity contribution >= 4 is 0 Å². The van der Waals surface area contributed by atoms with Gasteiger partial charge in [-0.1, -0.05) is 97.1 Å². The third-order valence-electron chi connectivity index (χ3n) is 9.83. The van der Waals surface area contributed by atoms with Gasteiger partial charge in [-0.2, -0.15) is 0 Å². The highest BCUT2D eigenvalue weighted by Gasteiger charge is 2.18. The Morgan fingerprint density at radius 1 is 0.204 bits per heavy atom. The quantitative estimate of drug-likeness (QED) is 0.159. The molecule has 4 aromatic heterocycles. The molecule has 9 rings (SSSR count). The van der Waals surface area contributed by atoms with E-state index in [2.05, 4.69) is 153 Å². The Morgan fingerprint density at radius 2 is 0.426 bits per heavy atom. The molecular weight excluding hydrogens is 657 g/mol. The monoisotopic (exact) mass is 690 g/mol. The molecule has 0 unspecified atom stereocenters. The third kappa shape index (κ3) is 6.72. The van der Waals surface area contributed by atoms with Gasteiger partial charge in [-0.25, -0.2) is 0 Å². The van der Waals surface area contributed by atoms with E-state index >= 15 is 0 Å². The van der Waals surface area contributed by atoms with Gasteiger partial charge in [0.05, 0.1) is 0 Å². The van der Waals surface area contributed by atoms with Crippen molar-refractivity contribution in [1.82, 2.24) is 19.9 Å². The highest BCUT2D eigenvalue weighted by molar-refractivity contribution is 5.97. The van der Waals surface area contributed by atoms with E-state index in [1.165, 1.54) is 0 Å². The van der Waals surface area contributed by atoms with E-state index in [1.54, 1.807) is 0 Å². The Labute approximate surface area is 315 Å². The number of hydrogen-bond donors (Lipinski definition) is 0. The van der Waals surface area contributed by atoms with Crippen molar-refractivity contribution < 1.29 is 0 Å². The first kappa shape index (κ1) is 32.6. The fourth-order valence-corrected chi connectivity index (χ4v) is 7.15. The van der Waals surface area contributed by atoms with Gasteiger partial charge in [-0.3, -0.25) is 19.9 Å². The number of pyridine rings is 4. The molecule has 54 heavy (non-hydrogen) atoms. The van der Waals surface area contributed by atoms with Crippen LogP contribution in [-0.2, 0) is 0 Å². The van der Waals surface area contributed by atoms with Crippen molar-refractivity contribution in [3.8, 4) is 89.0 Å². The number of aromatic nitrogens is 4. The van der Waals surface area contributed by atoms with Crippen LogP contribution in [0.1, 0.15) is 0 Å². The lowest BCUT2D eigenvalue weighted by Gasteiger charge is -2.20. The fourth-order valence-electron chi connectivity index (χ4n) is 7.15. The van der Waals surface area contributed by atoms with Crippen molar-refractivity contribution in [3.05, 3.63) is 207 Å². The minimum absolute atomic E-state index is 1.08. The van der Waals surface area contributed by atoms with Crippen LogP contribution < -0.4 is 0 Å². The molecule has 9 aromatic rings. The van der Waals surface area contributed by atoms with Crippen LogP contribution in [0.25, 0.3) is 89.0 Å². The van der Waals surface area contributed by atoms with Crippen LogP contribution in [0.15, 0.2) is 207 Å². The van der Waals surface area contributed by atoms with E-state index in [4.69, 9.17) is 0 Å². The Bertz CT molecular complexity index is 2320. The maximum atomic E-state index is 4.41. The first-order valence-corrected chi connectivity index (χ1v) is 18.0. The van der Waals surface area contributed by atoms with Crippen LogP contribution in [0.2, 0.25) is 0 Å². The minimum Gasteiger partial charge on any atom is -0.264 e. The average molecular weight is 691 g/mol. The van der Waals surface area contributed by atoms with Crippen molar-refractivity contribution in [3.63, 3.8) is 0 Å². The Balaban J connectivity index is 1.32. The summed E-state index contributed by atoms with van der Waals surface area (Å²) < 4.78 is 0. The zero-order valence-electron chi connectivity index (χ0n) is 29.4. The molecule has 0 aliphatic carbocycles. The van der Waals surface area contributed by atoms with E-state index in [-0.39, 0.29) is 0 Å². The van der Waals surface area contributed by atoms with Crippen molar-refractivity contribution in [2.45, 2.75) is 0 Å². The number of rotatable bonds is 8. The lowest BCUT2D eigenvalue weighted by molar-refractivity contribution is 1.33. The molecule has 4 heterocycles. The molecule has 4 nitrogen and oxygen atoms in total. The van der Waals surface area contributed by atoms with E-state index in [1.807, 2.05) is 73.8 Å². The summed E-state index contributed by atoms with van der Waals surface area (Å²) in [4.78, 5) is 17.7. The van der Waals surface area contributed by atoms with Crippen LogP contribution >= 0.6 is 0 Å². The second-order valence-corrected chi connectivity index (χ2v) is 13.2. The van der Waals surface area contributed by atoms with Crippen LogP contribution in [0.4, 0.5) is 0 Å². The van der Waals surface area contributed by atoms with Crippen molar-refractivity contribution in [1.29, 1.82) is 0 Å². The van der Waals surface area contributed by atoms with Gasteiger partial charge in [0.15, 0.2) is 0 Å². The van der Waals surface area contributed by atoms with Gasteiger partial charge >= 0.3 is 0 Å². The van der Waals surface area contributed by atoms with Crippen LogP contribution in [0, 0.1) is 0 Å². The van der Waals surface area contributed by atoms with E-state index in [9.17, 15) is 0 Å².